The Morgan fingerprint density at radius 2 is 1.72 bits per heavy atom. The van der Waals surface area contributed by atoms with Gasteiger partial charge in [0.05, 0.1) is 22.8 Å². The van der Waals surface area contributed by atoms with E-state index in [0.29, 0.717) is 23.4 Å². The number of para-hydroxylation sites is 1. The molecule has 208 valence electrons. The zero-order valence-corrected chi connectivity index (χ0v) is 23.5. The van der Waals surface area contributed by atoms with Crippen LogP contribution in [0.2, 0.25) is 0 Å². The number of rotatable bonds is 12. The zero-order chi connectivity index (χ0) is 28.6. The van der Waals surface area contributed by atoms with Gasteiger partial charge in [-0.25, -0.2) is 9.59 Å². The van der Waals surface area contributed by atoms with Gasteiger partial charge in [0.1, 0.15) is 18.3 Å². The fraction of sp³-hybridized carbons (Fsp3) is 0.379. The first kappa shape index (κ1) is 29.8. The minimum Gasteiger partial charge on any atom is -0.489 e. The van der Waals surface area contributed by atoms with E-state index >= 15 is 0 Å². The topological polar surface area (TPSA) is 117 Å². The molecule has 0 bridgehead atoms. The largest absolute Gasteiger partial charge is 0.489 e. The second-order valence-electron chi connectivity index (χ2n) is 9.19. The lowest BCUT2D eigenvalue weighted by Gasteiger charge is -2.32. The van der Waals surface area contributed by atoms with Crippen molar-refractivity contribution in [3.63, 3.8) is 0 Å². The Hall–Kier alpha value is -3.79. The minimum atomic E-state index is -1.64. The Labute approximate surface area is 233 Å². The highest BCUT2D eigenvalue weighted by molar-refractivity contribution is 7.80. The van der Waals surface area contributed by atoms with Crippen LogP contribution in [0.4, 0.5) is 0 Å². The molecule has 0 spiro atoms. The van der Waals surface area contributed by atoms with Crippen molar-refractivity contribution < 1.29 is 28.7 Å². The SMILES string of the molecule is CCCC(CS)(OC(=O)C1=C(C)NC(C)=C([N+](=O)[O-])C1c1ccccc1OCc1ccccc1)C(=O)OCC. The van der Waals surface area contributed by atoms with Crippen LogP contribution in [0.15, 0.2) is 77.3 Å². The van der Waals surface area contributed by atoms with Crippen molar-refractivity contribution in [1.29, 1.82) is 0 Å². The van der Waals surface area contributed by atoms with E-state index in [1.165, 1.54) is 0 Å². The molecule has 9 nitrogen and oxygen atoms in total. The molecule has 10 heteroatoms. The number of ether oxygens (including phenoxy) is 3. The van der Waals surface area contributed by atoms with Crippen LogP contribution < -0.4 is 10.1 Å². The summed E-state index contributed by atoms with van der Waals surface area (Å²) >= 11 is 4.32. The highest BCUT2D eigenvalue weighted by atomic mass is 32.1. The van der Waals surface area contributed by atoms with Gasteiger partial charge in [-0.1, -0.05) is 61.9 Å². The van der Waals surface area contributed by atoms with Gasteiger partial charge in [0.2, 0.25) is 5.60 Å². The summed E-state index contributed by atoms with van der Waals surface area (Å²) in [5, 5.41) is 15.3. The monoisotopic (exact) mass is 554 g/mol. The molecule has 39 heavy (non-hydrogen) atoms. The molecule has 0 saturated carbocycles. The van der Waals surface area contributed by atoms with Gasteiger partial charge in [0.25, 0.3) is 5.70 Å². The van der Waals surface area contributed by atoms with Crippen LogP contribution in [0.25, 0.3) is 0 Å². The molecule has 0 saturated heterocycles. The Morgan fingerprint density at radius 1 is 1.05 bits per heavy atom. The number of nitro groups is 1. The molecule has 2 atom stereocenters. The van der Waals surface area contributed by atoms with Gasteiger partial charge in [-0.05, 0) is 38.8 Å². The Morgan fingerprint density at radius 3 is 2.33 bits per heavy atom. The fourth-order valence-corrected chi connectivity index (χ4v) is 5.01. The number of allylic oxidation sites excluding steroid dienone is 3. The van der Waals surface area contributed by atoms with E-state index in [-0.39, 0.29) is 42.4 Å². The summed E-state index contributed by atoms with van der Waals surface area (Å²) in [6.45, 7) is 7.05. The Kier molecular flexibility index (Phi) is 10.2. The molecule has 2 aromatic rings. The third kappa shape index (κ3) is 6.62. The lowest BCUT2D eigenvalue weighted by Crippen LogP contribution is -2.47. The zero-order valence-electron chi connectivity index (χ0n) is 22.6. The molecular formula is C29H34N2O7S. The van der Waals surface area contributed by atoms with Gasteiger partial charge >= 0.3 is 11.9 Å². The van der Waals surface area contributed by atoms with Gasteiger partial charge < -0.3 is 19.5 Å². The maximum atomic E-state index is 13.9. The van der Waals surface area contributed by atoms with E-state index in [9.17, 15) is 19.7 Å². The van der Waals surface area contributed by atoms with Crippen molar-refractivity contribution in [2.75, 3.05) is 12.4 Å². The average molecular weight is 555 g/mol. The van der Waals surface area contributed by atoms with Gasteiger partial charge in [0.15, 0.2) is 0 Å². The predicted molar refractivity (Wildman–Crippen MR) is 150 cm³/mol. The molecule has 1 heterocycles. The molecule has 0 amide bonds. The van der Waals surface area contributed by atoms with Gasteiger partial charge in [-0.3, -0.25) is 10.1 Å². The molecular weight excluding hydrogens is 520 g/mol. The normalized spacial score (nSPS) is 16.7. The van der Waals surface area contributed by atoms with Crippen LogP contribution >= 0.6 is 12.6 Å². The molecule has 1 N–H and O–H groups in total. The smallest absolute Gasteiger partial charge is 0.351 e. The van der Waals surface area contributed by atoms with Crippen LogP contribution in [-0.2, 0) is 25.7 Å². The molecule has 2 aromatic carbocycles. The summed E-state index contributed by atoms with van der Waals surface area (Å²) in [6.07, 6.45) is 0.695. The lowest BCUT2D eigenvalue weighted by molar-refractivity contribution is -0.431. The fourth-order valence-electron chi connectivity index (χ4n) is 4.65. The number of carbonyl (C=O) groups is 2. The number of hydrogen-bond donors (Lipinski definition) is 2. The summed E-state index contributed by atoms with van der Waals surface area (Å²) < 4.78 is 17.2. The van der Waals surface area contributed by atoms with Gasteiger partial charge in [-0.2, -0.15) is 12.6 Å². The molecule has 1 aliphatic rings. The van der Waals surface area contributed by atoms with Crippen molar-refractivity contribution in [2.24, 2.45) is 0 Å². The Bertz CT molecular complexity index is 1280. The number of hydrogen-bond acceptors (Lipinski definition) is 9. The van der Waals surface area contributed by atoms with E-state index in [1.54, 1.807) is 45.0 Å². The highest BCUT2D eigenvalue weighted by Gasteiger charge is 2.47. The van der Waals surface area contributed by atoms with E-state index in [2.05, 4.69) is 17.9 Å². The van der Waals surface area contributed by atoms with E-state index in [0.717, 1.165) is 5.56 Å². The summed E-state index contributed by atoms with van der Waals surface area (Å²) in [4.78, 5) is 38.6. The molecule has 0 aliphatic carbocycles. The average Bonchev–Trinajstić information content (AvgIpc) is 2.91. The third-order valence-corrected chi connectivity index (χ3v) is 6.96. The summed E-state index contributed by atoms with van der Waals surface area (Å²) in [7, 11) is 0. The molecule has 1 aliphatic heterocycles. The molecule has 0 radical (unpaired) electrons. The van der Waals surface area contributed by atoms with Crippen LogP contribution in [0.5, 0.6) is 5.75 Å². The van der Waals surface area contributed by atoms with Crippen molar-refractivity contribution in [1.82, 2.24) is 5.32 Å². The molecule has 2 unspecified atom stereocenters. The maximum absolute atomic E-state index is 13.9. The summed E-state index contributed by atoms with van der Waals surface area (Å²) in [5.41, 5.74) is 0.154. The quantitative estimate of drug-likeness (QED) is 0.157. The number of benzene rings is 2. The predicted octanol–water partition coefficient (Wildman–Crippen LogP) is 5.31. The summed E-state index contributed by atoms with van der Waals surface area (Å²) in [6, 6.07) is 16.4. The van der Waals surface area contributed by atoms with Crippen molar-refractivity contribution >= 4 is 24.6 Å². The number of dihydropyridines is 1. The van der Waals surface area contributed by atoms with Crippen LogP contribution in [0.1, 0.15) is 57.6 Å². The molecule has 0 fully saturated rings. The first-order chi connectivity index (χ1) is 18.7. The van der Waals surface area contributed by atoms with E-state index in [1.807, 2.05) is 37.3 Å². The van der Waals surface area contributed by atoms with Crippen molar-refractivity contribution in [3.8, 4) is 5.75 Å². The van der Waals surface area contributed by atoms with Crippen molar-refractivity contribution in [3.05, 3.63) is 98.5 Å². The second-order valence-corrected chi connectivity index (χ2v) is 9.50. The number of carbonyl (C=O) groups excluding carboxylic acids is 2. The standard InChI is InChI=1S/C29H34N2O7S/c1-5-16-29(18-39,28(33)36-6-2)38-27(32)24-19(3)30-20(4)26(31(34)35)25(24)22-14-10-11-15-23(22)37-17-21-12-8-7-9-13-21/h7-15,25,30,39H,5-6,16-18H2,1-4H3. The minimum absolute atomic E-state index is 0.00891. The number of nitrogens with one attached hydrogen (secondary N) is 1. The third-order valence-electron chi connectivity index (χ3n) is 6.45. The van der Waals surface area contributed by atoms with Crippen LogP contribution in [0.3, 0.4) is 0 Å². The second kappa shape index (κ2) is 13.3. The van der Waals surface area contributed by atoms with Crippen LogP contribution in [-0.4, -0.2) is 34.8 Å². The van der Waals surface area contributed by atoms with Gasteiger partial charge in [0, 0.05) is 17.0 Å². The molecule has 0 aromatic heterocycles. The number of nitrogens with zero attached hydrogens (tertiary/aromatic N) is 1. The maximum Gasteiger partial charge on any atom is 0.351 e. The van der Waals surface area contributed by atoms with Crippen LogP contribution in [0, 0.1) is 10.1 Å². The number of esters is 2. The van der Waals surface area contributed by atoms with Crippen molar-refractivity contribution in [2.45, 2.75) is 58.7 Å². The molecule has 3 rings (SSSR count). The first-order valence-electron chi connectivity index (χ1n) is 12.8. The number of thiol groups is 1. The van der Waals surface area contributed by atoms with E-state index < -0.39 is 28.4 Å². The van der Waals surface area contributed by atoms with E-state index in [4.69, 9.17) is 14.2 Å². The highest BCUT2D eigenvalue weighted by Crippen LogP contribution is 2.43. The Balaban J connectivity index is 2.10. The first-order valence-corrected chi connectivity index (χ1v) is 13.4. The van der Waals surface area contributed by atoms with Gasteiger partial charge in [-0.15, -0.1) is 0 Å². The summed E-state index contributed by atoms with van der Waals surface area (Å²) in [5.74, 6) is -2.42. The lowest BCUT2D eigenvalue weighted by atomic mass is 9.83.